The van der Waals surface area contributed by atoms with E-state index in [2.05, 4.69) is 29.6 Å². The number of hydrogen-bond acceptors (Lipinski definition) is 6. The predicted octanol–water partition coefficient (Wildman–Crippen LogP) is 5.68. The Morgan fingerprint density at radius 2 is 1.54 bits per heavy atom. The summed E-state index contributed by atoms with van der Waals surface area (Å²) in [5.41, 5.74) is 4.05. The molecule has 39 heavy (non-hydrogen) atoms. The van der Waals surface area contributed by atoms with Crippen LogP contribution in [0.2, 0.25) is 0 Å². The van der Waals surface area contributed by atoms with Gasteiger partial charge in [0.1, 0.15) is 12.2 Å². The van der Waals surface area contributed by atoms with Crippen LogP contribution in [0.5, 0.6) is 0 Å². The average Bonchev–Trinajstić information content (AvgIpc) is 3.20. The number of hydrogen-bond donors (Lipinski definition) is 2. The van der Waals surface area contributed by atoms with Gasteiger partial charge in [-0.3, -0.25) is 9.59 Å². The van der Waals surface area contributed by atoms with Crippen LogP contribution in [0.15, 0.2) is 48.5 Å². The van der Waals surface area contributed by atoms with Gasteiger partial charge in [-0.2, -0.15) is 0 Å². The number of benzene rings is 2. The van der Waals surface area contributed by atoms with Crippen molar-refractivity contribution >= 4 is 18.0 Å². The maximum absolute atomic E-state index is 12.6. The van der Waals surface area contributed by atoms with Crippen molar-refractivity contribution in [1.29, 1.82) is 0 Å². The number of carboxylic acid groups (broad SMARTS) is 1. The minimum absolute atomic E-state index is 0.0168. The van der Waals surface area contributed by atoms with E-state index in [1.165, 1.54) is 0 Å². The molecule has 1 saturated carbocycles. The van der Waals surface area contributed by atoms with Gasteiger partial charge in [0.05, 0.1) is 18.6 Å². The van der Waals surface area contributed by atoms with Crippen LogP contribution >= 0.6 is 0 Å². The number of carboxylic acids is 1. The van der Waals surface area contributed by atoms with Gasteiger partial charge in [-0.05, 0) is 75.1 Å². The summed E-state index contributed by atoms with van der Waals surface area (Å²) in [4.78, 5) is 36.4. The van der Waals surface area contributed by atoms with Crippen molar-refractivity contribution in [2.24, 2.45) is 5.92 Å². The van der Waals surface area contributed by atoms with Crippen molar-refractivity contribution in [1.82, 2.24) is 5.32 Å². The van der Waals surface area contributed by atoms with Gasteiger partial charge in [0.25, 0.3) is 0 Å². The maximum atomic E-state index is 12.6. The lowest BCUT2D eigenvalue weighted by Gasteiger charge is -2.30. The maximum Gasteiger partial charge on any atom is 0.407 e. The van der Waals surface area contributed by atoms with Crippen LogP contribution in [0.25, 0.3) is 11.1 Å². The molecule has 1 atom stereocenters. The zero-order valence-corrected chi connectivity index (χ0v) is 23.0. The molecule has 2 aliphatic rings. The lowest BCUT2D eigenvalue weighted by atomic mass is 9.93. The second-order valence-corrected chi connectivity index (χ2v) is 11.4. The largest absolute Gasteiger partial charge is 0.481 e. The topological polar surface area (TPSA) is 111 Å². The van der Waals surface area contributed by atoms with Crippen molar-refractivity contribution in [2.45, 2.75) is 83.0 Å². The molecular formula is C31H39NO7. The Hall–Kier alpha value is -3.39. The molecule has 0 unspecified atom stereocenters. The molecule has 1 amide bonds. The number of nitrogens with one attached hydrogen (secondary N) is 1. The molecule has 0 saturated heterocycles. The second-order valence-electron chi connectivity index (χ2n) is 11.4. The van der Waals surface area contributed by atoms with Crippen LogP contribution in [-0.4, -0.2) is 54.1 Å². The highest BCUT2D eigenvalue weighted by molar-refractivity contribution is 5.79. The third-order valence-electron chi connectivity index (χ3n) is 7.35. The first-order valence-corrected chi connectivity index (χ1v) is 13.8. The van der Waals surface area contributed by atoms with E-state index in [4.69, 9.17) is 14.2 Å². The van der Waals surface area contributed by atoms with Crippen LogP contribution in [0, 0.1) is 5.92 Å². The molecule has 0 aromatic heterocycles. The Morgan fingerprint density at radius 1 is 0.949 bits per heavy atom. The molecule has 0 aliphatic heterocycles. The second kappa shape index (κ2) is 12.6. The van der Waals surface area contributed by atoms with Gasteiger partial charge in [0.2, 0.25) is 0 Å². The third-order valence-corrected chi connectivity index (χ3v) is 7.35. The Kier molecular flexibility index (Phi) is 9.28. The minimum atomic E-state index is -0.985. The summed E-state index contributed by atoms with van der Waals surface area (Å²) in [5.74, 6) is -2.21. The molecular weight excluding hydrogens is 498 g/mol. The van der Waals surface area contributed by atoms with E-state index in [0.717, 1.165) is 47.9 Å². The molecule has 2 N–H and O–H groups in total. The normalized spacial score (nSPS) is 19.5. The monoisotopic (exact) mass is 537 g/mol. The quantitative estimate of drug-likeness (QED) is 0.375. The number of ether oxygens (including phenoxy) is 3. The molecule has 0 heterocycles. The van der Waals surface area contributed by atoms with E-state index >= 15 is 0 Å². The van der Waals surface area contributed by atoms with Crippen molar-refractivity contribution < 1.29 is 33.7 Å². The van der Waals surface area contributed by atoms with Crippen LogP contribution in [-0.2, 0) is 23.8 Å². The molecule has 0 radical (unpaired) electrons. The van der Waals surface area contributed by atoms with E-state index in [0.29, 0.717) is 0 Å². The highest BCUT2D eigenvalue weighted by Crippen LogP contribution is 2.44. The van der Waals surface area contributed by atoms with Crippen molar-refractivity contribution in [2.75, 3.05) is 13.2 Å². The van der Waals surface area contributed by atoms with Crippen LogP contribution in [0.1, 0.15) is 76.3 Å². The lowest BCUT2D eigenvalue weighted by Crippen LogP contribution is -2.42. The number of fused-ring (bicyclic) bond motifs is 3. The number of amides is 1. The van der Waals surface area contributed by atoms with Gasteiger partial charge in [-0.25, -0.2) is 4.79 Å². The van der Waals surface area contributed by atoms with E-state index in [1.807, 2.05) is 45.0 Å². The lowest BCUT2D eigenvalue weighted by molar-refractivity contribution is -0.148. The first-order chi connectivity index (χ1) is 18.6. The molecule has 210 valence electrons. The Labute approximate surface area is 230 Å². The fraction of sp³-hybridized carbons (Fsp3) is 0.516. The SMILES string of the molecule is CC(C)(C)OC(=O)NC1CCC(OC[C@H](CCC(=O)OCC2c3ccccc3-c3ccccc32)C(=O)O)CC1. The average molecular weight is 538 g/mol. The van der Waals surface area contributed by atoms with Crippen molar-refractivity contribution in [3.8, 4) is 11.1 Å². The summed E-state index contributed by atoms with van der Waals surface area (Å²) in [5, 5.41) is 12.6. The summed E-state index contributed by atoms with van der Waals surface area (Å²) < 4.78 is 16.8. The fourth-order valence-corrected chi connectivity index (χ4v) is 5.36. The van der Waals surface area contributed by atoms with Gasteiger partial charge in [-0.1, -0.05) is 48.5 Å². The molecule has 0 bridgehead atoms. The van der Waals surface area contributed by atoms with Crippen LogP contribution < -0.4 is 5.32 Å². The smallest absolute Gasteiger partial charge is 0.407 e. The number of aliphatic carboxylic acids is 1. The number of rotatable bonds is 10. The summed E-state index contributed by atoms with van der Waals surface area (Å²) in [6.45, 7) is 5.74. The molecule has 2 aromatic rings. The number of carbonyl (C=O) groups is 3. The molecule has 4 rings (SSSR count). The van der Waals surface area contributed by atoms with Gasteiger partial charge in [0.15, 0.2) is 0 Å². The molecule has 8 heteroatoms. The minimum Gasteiger partial charge on any atom is -0.481 e. The van der Waals surface area contributed by atoms with E-state index < -0.39 is 29.6 Å². The third kappa shape index (κ3) is 7.82. The highest BCUT2D eigenvalue weighted by atomic mass is 16.6. The Bertz CT molecular complexity index is 1120. The van der Waals surface area contributed by atoms with Crippen molar-refractivity contribution in [3.63, 3.8) is 0 Å². The van der Waals surface area contributed by atoms with Gasteiger partial charge in [-0.15, -0.1) is 0 Å². The van der Waals surface area contributed by atoms with Gasteiger partial charge in [0, 0.05) is 18.4 Å². The molecule has 8 nitrogen and oxygen atoms in total. The van der Waals surface area contributed by atoms with Crippen molar-refractivity contribution in [3.05, 3.63) is 59.7 Å². The van der Waals surface area contributed by atoms with Crippen LogP contribution in [0.3, 0.4) is 0 Å². The van der Waals surface area contributed by atoms with Crippen LogP contribution in [0.4, 0.5) is 4.79 Å². The summed E-state index contributed by atoms with van der Waals surface area (Å²) in [6, 6.07) is 16.3. The zero-order chi connectivity index (χ0) is 28.0. The van der Waals surface area contributed by atoms with Gasteiger partial charge >= 0.3 is 18.0 Å². The molecule has 2 aromatic carbocycles. The zero-order valence-electron chi connectivity index (χ0n) is 23.0. The Morgan fingerprint density at radius 3 is 2.10 bits per heavy atom. The molecule has 0 spiro atoms. The number of esters is 1. The van der Waals surface area contributed by atoms with E-state index in [1.54, 1.807) is 0 Å². The number of carbonyl (C=O) groups excluding carboxylic acids is 2. The first-order valence-electron chi connectivity index (χ1n) is 13.8. The highest BCUT2D eigenvalue weighted by Gasteiger charge is 2.30. The predicted molar refractivity (Wildman–Crippen MR) is 146 cm³/mol. The summed E-state index contributed by atoms with van der Waals surface area (Å²) in [6.07, 6.45) is 2.59. The molecule has 1 fully saturated rings. The molecule has 2 aliphatic carbocycles. The van der Waals surface area contributed by atoms with E-state index in [9.17, 15) is 19.5 Å². The first kappa shape index (κ1) is 28.6. The fourth-order valence-electron chi connectivity index (χ4n) is 5.36. The van der Waals surface area contributed by atoms with Gasteiger partial charge < -0.3 is 24.6 Å². The number of alkyl carbamates (subject to hydrolysis) is 1. The van der Waals surface area contributed by atoms with E-state index in [-0.39, 0.29) is 44.1 Å². The summed E-state index contributed by atoms with van der Waals surface area (Å²) >= 11 is 0. The Balaban J connectivity index is 1.19. The summed E-state index contributed by atoms with van der Waals surface area (Å²) in [7, 11) is 0. The standard InChI is InChI=1S/C31H39NO7/c1-31(2,3)39-30(36)32-21-13-15-22(16-14-21)37-18-20(29(34)35)12-17-28(33)38-19-27-25-10-6-4-8-23(25)24-9-5-7-11-26(24)27/h4-11,20-22,27H,12-19H2,1-3H3,(H,32,36)(H,34,35)/t20-,21?,22?/m0/s1.